The third-order valence-corrected chi connectivity index (χ3v) is 3.72. The summed E-state index contributed by atoms with van der Waals surface area (Å²) in [6.07, 6.45) is -0.286. The number of rotatable bonds is 3. The zero-order chi connectivity index (χ0) is 16.4. The number of amides is 2. The number of esters is 1. The monoisotopic (exact) mass is 370 g/mol. The Morgan fingerprint density at radius 1 is 1.41 bits per heavy atom. The lowest BCUT2D eigenvalue weighted by molar-refractivity contribution is -0.143. The van der Waals surface area contributed by atoms with E-state index in [0.29, 0.717) is 16.8 Å². The fraction of sp³-hybridized carbons (Fsp3) is 0.333. The molecule has 1 aliphatic heterocycles. The molecule has 2 rings (SSSR count). The van der Waals surface area contributed by atoms with Crippen LogP contribution >= 0.6 is 15.9 Å². The third-order valence-electron chi connectivity index (χ3n) is 3.11. The van der Waals surface area contributed by atoms with E-state index in [1.54, 1.807) is 20.8 Å². The Balaban J connectivity index is 2.45. The van der Waals surface area contributed by atoms with Crippen molar-refractivity contribution in [3.05, 3.63) is 45.3 Å². The average molecular weight is 371 g/mol. The van der Waals surface area contributed by atoms with E-state index in [1.807, 2.05) is 0 Å². The van der Waals surface area contributed by atoms with Crippen LogP contribution in [-0.4, -0.2) is 18.1 Å². The van der Waals surface area contributed by atoms with Crippen LogP contribution in [0.1, 0.15) is 32.4 Å². The van der Waals surface area contributed by atoms with Gasteiger partial charge in [-0.05, 0) is 54.4 Å². The van der Waals surface area contributed by atoms with Crippen LogP contribution in [0.15, 0.2) is 33.9 Å². The first-order valence-corrected chi connectivity index (χ1v) is 7.53. The minimum Gasteiger partial charge on any atom is -0.459 e. The summed E-state index contributed by atoms with van der Waals surface area (Å²) in [7, 11) is 0. The van der Waals surface area contributed by atoms with E-state index < -0.39 is 23.9 Å². The highest BCUT2D eigenvalue weighted by molar-refractivity contribution is 9.10. The number of carbonyl (C=O) groups excluding carboxylic acids is 2. The van der Waals surface area contributed by atoms with Crippen LogP contribution in [0.5, 0.6) is 0 Å². The number of ether oxygens (including phenoxy) is 1. The van der Waals surface area contributed by atoms with Crippen molar-refractivity contribution in [2.75, 3.05) is 0 Å². The zero-order valence-electron chi connectivity index (χ0n) is 12.4. The Labute approximate surface area is 136 Å². The number of hydrogen-bond acceptors (Lipinski definition) is 3. The van der Waals surface area contributed by atoms with Gasteiger partial charge in [0.2, 0.25) is 0 Å². The second kappa shape index (κ2) is 6.48. The fourth-order valence-corrected chi connectivity index (χ4v) is 2.58. The van der Waals surface area contributed by atoms with Crippen LogP contribution in [0.25, 0.3) is 0 Å². The maximum atomic E-state index is 13.4. The number of urea groups is 1. The van der Waals surface area contributed by atoms with Gasteiger partial charge in [-0.15, -0.1) is 0 Å². The van der Waals surface area contributed by atoms with Crippen LogP contribution in [0.2, 0.25) is 0 Å². The SMILES string of the molecule is CC1=C(C(=O)OC(C)C)[C@H](c2ccc(F)c(Br)c2)NC(=O)N1. The maximum Gasteiger partial charge on any atom is 0.338 e. The lowest BCUT2D eigenvalue weighted by atomic mass is 9.95. The molecule has 7 heteroatoms. The summed E-state index contributed by atoms with van der Waals surface area (Å²) in [5.41, 5.74) is 1.30. The lowest BCUT2D eigenvalue weighted by Gasteiger charge is -2.28. The Morgan fingerprint density at radius 3 is 2.68 bits per heavy atom. The molecule has 118 valence electrons. The molecule has 22 heavy (non-hydrogen) atoms. The number of nitrogens with one attached hydrogen (secondary N) is 2. The number of hydrogen-bond donors (Lipinski definition) is 2. The summed E-state index contributed by atoms with van der Waals surface area (Å²) in [5, 5.41) is 5.21. The number of benzene rings is 1. The molecule has 2 N–H and O–H groups in total. The molecule has 0 fully saturated rings. The summed E-state index contributed by atoms with van der Waals surface area (Å²) in [6.45, 7) is 5.11. The summed E-state index contributed by atoms with van der Waals surface area (Å²) >= 11 is 3.10. The third kappa shape index (κ3) is 3.47. The molecule has 0 spiro atoms. The molecule has 0 radical (unpaired) electrons. The molecule has 0 saturated carbocycles. The van der Waals surface area contributed by atoms with Gasteiger partial charge < -0.3 is 15.4 Å². The fourth-order valence-electron chi connectivity index (χ4n) is 2.18. The second-order valence-corrected chi connectivity index (χ2v) is 6.05. The highest BCUT2D eigenvalue weighted by Crippen LogP contribution is 2.30. The first kappa shape index (κ1) is 16.5. The quantitative estimate of drug-likeness (QED) is 0.803. The predicted molar refractivity (Wildman–Crippen MR) is 82.4 cm³/mol. The molecule has 0 unspecified atom stereocenters. The highest BCUT2D eigenvalue weighted by Gasteiger charge is 2.32. The van der Waals surface area contributed by atoms with Crippen LogP contribution in [0, 0.1) is 5.82 Å². The molecule has 0 saturated heterocycles. The van der Waals surface area contributed by atoms with Gasteiger partial charge in [0, 0.05) is 5.70 Å². The van der Waals surface area contributed by atoms with E-state index in [9.17, 15) is 14.0 Å². The molecule has 1 atom stereocenters. The van der Waals surface area contributed by atoms with E-state index in [2.05, 4.69) is 26.6 Å². The van der Waals surface area contributed by atoms with Crippen molar-refractivity contribution >= 4 is 27.9 Å². The maximum absolute atomic E-state index is 13.4. The topological polar surface area (TPSA) is 67.4 Å². The molecule has 5 nitrogen and oxygen atoms in total. The van der Waals surface area contributed by atoms with E-state index in [4.69, 9.17) is 4.74 Å². The summed E-state index contributed by atoms with van der Waals surface area (Å²) < 4.78 is 18.9. The van der Waals surface area contributed by atoms with Gasteiger partial charge in [0.25, 0.3) is 0 Å². The molecular formula is C15H16BrFN2O3. The Morgan fingerprint density at radius 2 is 2.09 bits per heavy atom. The second-order valence-electron chi connectivity index (χ2n) is 5.20. The van der Waals surface area contributed by atoms with E-state index in [-0.39, 0.29) is 10.6 Å². The zero-order valence-corrected chi connectivity index (χ0v) is 14.0. The van der Waals surface area contributed by atoms with Crippen molar-refractivity contribution in [1.29, 1.82) is 0 Å². The van der Waals surface area contributed by atoms with Crippen molar-refractivity contribution in [2.45, 2.75) is 32.9 Å². The van der Waals surface area contributed by atoms with Crippen molar-refractivity contribution < 1.29 is 18.7 Å². The number of allylic oxidation sites excluding steroid dienone is 1. The van der Waals surface area contributed by atoms with Gasteiger partial charge in [-0.3, -0.25) is 0 Å². The molecule has 1 aliphatic rings. The van der Waals surface area contributed by atoms with Crippen molar-refractivity contribution in [3.63, 3.8) is 0 Å². The van der Waals surface area contributed by atoms with Gasteiger partial charge in [0.05, 0.1) is 22.2 Å². The normalized spacial score (nSPS) is 18.1. The van der Waals surface area contributed by atoms with Gasteiger partial charge in [0.1, 0.15) is 5.82 Å². The van der Waals surface area contributed by atoms with E-state index in [1.165, 1.54) is 18.2 Å². The predicted octanol–water partition coefficient (Wildman–Crippen LogP) is 3.17. The number of halogens is 2. The Bertz CT molecular complexity index is 658. The van der Waals surface area contributed by atoms with Crippen molar-refractivity contribution in [3.8, 4) is 0 Å². The Kier molecular flexibility index (Phi) is 4.85. The van der Waals surface area contributed by atoms with E-state index >= 15 is 0 Å². The van der Waals surface area contributed by atoms with Crippen LogP contribution < -0.4 is 10.6 Å². The van der Waals surface area contributed by atoms with Crippen LogP contribution in [0.4, 0.5) is 9.18 Å². The Hall–Kier alpha value is -1.89. The first-order valence-electron chi connectivity index (χ1n) is 6.73. The molecule has 0 bridgehead atoms. The number of carbonyl (C=O) groups is 2. The smallest absolute Gasteiger partial charge is 0.338 e. The molecule has 1 aromatic carbocycles. The van der Waals surface area contributed by atoms with Gasteiger partial charge in [-0.1, -0.05) is 6.07 Å². The van der Waals surface area contributed by atoms with Gasteiger partial charge in [-0.25, -0.2) is 14.0 Å². The minimum atomic E-state index is -0.697. The molecule has 0 aromatic heterocycles. The van der Waals surface area contributed by atoms with Crippen molar-refractivity contribution in [1.82, 2.24) is 10.6 Å². The molecule has 1 aromatic rings. The highest BCUT2D eigenvalue weighted by atomic mass is 79.9. The summed E-state index contributed by atoms with van der Waals surface area (Å²) in [5.74, 6) is -0.943. The van der Waals surface area contributed by atoms with Gasteiger partial charge in [0.15, 0.2) is 0 Å². The van der Waals surface area contributed by atoms with Crippen molar-refractivity contribution in [2.24, 2.45) is 0 Å². The summed E-state index contributed by atoms with van der Waals surface area (Å²) in [6, 6.07) is 3.20. The van der Waals surface area contributed by atoms with Gasteiger partial charge in [-0.2, -0.15) is 0 Å². The summed E-state index contributed by atoms with van der Waals surface area (Å²) in [4.78, 5) is 24.0. The average Bonchev–Trinajstić information content (AvgIpc) is 2.39. The first-order chi connectivity index (χ1) is 10.3. The van der Waals surface area contributed by atoms with Gasteiger partial charge >= 0.3 is 12.0 Å². The molecule has 1 heterocycles. The molecular weight excluding hydrogens is 355 g/mol. The van der Waals surface area contributed by atoms with Crippen LogP contribution in [0.3, 0.4) is 0 Å². The van der Waals surface area contributed by atoms with E-state index in [0.717, 1.165) is 0 Å². The lowest BCUT2D eigenvalue weighted by Crippen LogP contribution is -2.45. The largest absolute Gasteiger partial charge is 0.459 e. The molecule has 2 amide bonds. The standard InChI is InChI=1S/C15H16BrFN2O3/c1-7(2)22-14(20)12-8(3)18-15(21)19-13(12)9-4-5-11(17)10(16)6-9/h4-7,13H,1-3H3,(H2,18,19,21)/t13-/m0/s1. The van der Waals surface area contributed by atoms with Crippen LogP contribution in [-0.2, 0) is 9.53 Å². The molecule has 0 aliphatic carbocycles. The minimum absolute atomic E-state index is 0.256.